The lowest BCUT2D eigenvalue weighted by Crippen LogP contribution is -2.25. The van der Waals surface area contributed by atoms with Crippen LogP contribution < -0.4 is 4.74 Å². The number of carbonyl (C=O) groups is 1. The third kappa shape index (κ3) is 1.44. The van der Waals surface area contributed by atoms with E-state index < -0.39 is 0 Å². The first-order chi connectivity index (χ1) is 7.37. The summed E-state index contributed by atoms with van der Waals surface area (Å²) in [6, 6.07) is 0. The minimum Gasteiger partial charge on any atom is -0.486 e. The summed E-state index contributed by atoms with van der Waals surface area (Å²) >= 11 is 0. The van der Waals surface area contributed by atoms with Crippen LogP contribution in [-0.4, -0.2) is 11.9 Å². The van der Waals surface area contributed by atoms with Crippen LogP contribution in [0.25, 0.3) is 0 Å². The Morgan fingerprint density at radius 2 is 1.75 bits per heavy atom. The zero-order valence-electron chi connectivity index (χ0n) is 10.6. The molecule has 0 amide bonds. The third-order valence-corrected chi connectivity index (χ3v) is 3.60. The maximum absolute atomic E-state index is 11.2. The topological polar surface area (TPSA) is 26.3 Å². The molecule has 2 rings (SSSR count). The Labute approximate surface area is 96.6 Å². The number of hydrogen-bond acceptors (Lipinski definition) is 2. The second-order valence-electron chi connectivity index (χ2n) is 5.25. The predicted molar refractivity (Wildman–Crippen MR) is 64.5 cm³/mol. The molecule has 0 saturated heterocycles. The highest BCUT2D eigenvalue weighted by Crippen LogP contribution is 2.41. The molecule has 16 heavy (non-hydrogen) atoms. The summed E-state index contributed by atoms with van der Waals surface area (Å²) in [5, 5.41) is 0. The summed E-state index contributed by atoms with van der Waals surface area (Å²) in [6.45, 7) is 10.3. The van der Waals surface area contributed by atoms with Crippen LogP contribution >= 0.6 is 0 Å². The molecule has 86 valence electrons. The Balaban J connectivity index is 2.74. The molecule has 2 nitrogen and oxygen atoms in total. The van der Waals surface area contributed by atoms with Gasteiger partial charge < -0.3 is 4.74 Å². The van der Waals surface area contributed by atoms with Gasteiger partial charge in [-0.2, -0.15) is 0 Å². The van der Waals surface area contributed by atoms with Gasteiger partial charge in [0.1, 0.15) is 11.4 Å². The third-order valence-electron chi connectivity index (χ3n) is 3.60. The Morgan fingerprint density at radius 3 is 2.31 bits per heavy atom. The van der Waals surface area contributed by atoms with Crippen molar-refractivity contribution in [3.05, 3.63) is 27.8 Å². The van der Waals surface area contributed by atoms with Crippen molar-refractivity contribution in [2.45, 2.75) is 46.6 Å². The highest BCUT2D eigenvalue weighted by atomic mass is 16.5. The van der Waals surface area contributed by atoms with Gasteiger partial charge in [0.15, 0.2) is 6.29 Å². The molecule has 1 heterocycles. The van der Waals surface area contributed by atoms with Gasteiger partial charge in [-0.15, -0.1) is 0 Å². The van der Waals surface area contributed by atoms with Crippen LogP contribution in [0.3, 0.4) is 0 Å². The quantitative estimate of drug-likeness (QED) is 0.677. The van der Waals surface area contributed by atoms with E-state index in [-0.39, 0.29) is 5.60 Å². The van der Waals surface area contributed by atoms with Crippen molar-refractivity contribution in [1.29, 1.82) is 0 Å². The number of fused-ring (bicyclic) bond motifs is 1. The van der Waals surface area contributed by atoms with Crippen molar-refractivity contribution in [3.63, 3.8) is 0 Å². The smallest absolute Gasteiger partial charge is 0.154 e. The van der Waals surface area contributed by atoms with Crippen LogP contribution in [0.2, 0.25) is 0 Å². The normalized spacial score (nSPS) is 16.8. The van der Waals surface area contributed by atoms with Crippen molar-refractivity contribution in [3.8, 4) is 5.75 Å². The highest BCUT2D eigenvalue weighted by molar-refractivity contribution is 5.84. The van der Waals surface area contributed by atoms with Gasteiger partial charge in [0.05, 0.1) is 5.56 Å². The highest BCUT2D eigenvalue weighted by Gasteiger charge is 2.34. The van der Waals surface area contributed by atoms with Crippen molar-refractivity contribution in [2.75, 3.05) is 0 Å². The number of rotatable bonds is 1. The van der Waals surface area contributed by atoms with Gasteiger partial charge in [-0.3, -0.25) is 4.79 Å². The molecule has 0 bridgehead atoms. The molecule has 0 N–H and O–H groups in total. The standard InChI is InChI=1S/C14H18O2/c1-8-9(2)11-6-14(4,5)16-13(11)12(7-15)10(8)3/h7H,6H2,1-5H3. The van der Waals surface area contributed by atoms with E-state index in [0.29, 0.717) is 0 Å². The molecule has 0 atom stereocenters. The summed E-state index contributed by atoms with van der Waals surface area (Å²) in [6.07, 6.45) is 1.80. The van der Waals surface area contributed by atoms with Crippen LogP contribution in [-0.2, 0) is 6.42 Å². The largest absolute Gasteiger partial charge is 0.486 e. The van der Waals surface area contributed by atoms with Gasteiger partial charge in [0, 0.05) is 12.0 Å². The monoisotopic (exact) mass is 218 g/mol. The molecule has 0 unspecified atom stereocenters. The van der Waals surface area contributed by atoms with Crippen LogP contribution in [0.5, 0.6) is 5.75 Å². The van der Waals surface area contributed by atoms with Crippen molar-refractivity contribution in [1.82, 2.24) is 0 Å². The van der Waals surface area contributed by atoms with Crippen LogP contribution in [0, 0.1) is 20.8 Å². The summed E-state index contributed by atoms with van der Waals surface area (Å²) in [5.41, 5.74) is 5.26. The second kappa shape index (κ2) is 3.34. The van der Waals surface area contributed by atoms with Gasteiger partial charge in [-0.25, -0.2) is 0 Å². The van der Waals surface area contributed by atoms with E-state index in [1.54, 1.807) is 0 Å². The fourth-order valence-corrected chi connectivity index (χ4v) is 2.42. The van der Waals surface area contributed by atoms with E-state index in [9.17, 15) is 4.79 Å². The predicted octanol–water partition coefficient (Wildman–Crippen LogP) is 3.14. The molecule has 1 aliphatic rings. The lowest BCUT2D eigenvalue weighted by Gasteiger charge is -2.18. The number of aldehydes is 1. The van der Waals surface area contributed by atoms with Crippen LogP contribution in [0.4, 0.5) is 0 Å². The number of ether oxygens (including phenoxy) is 1. The van der Waals surface area contributed by atoms with Gasteiger partial charge >= 0.3 is 0 Å². The molecule has 0 fully saturated rings. The lowest BCUT2D eigenvalue weighted by atomic mass is 9.90. The average Bonchev–Trinajstić information content (AvgIpc) is 2.52. The summed E-state index contributed by atoms with van der Waals surface area (Å²) in [7, 11) is 0. The Kier molecular flexibility index (Phi) is 2.33. The molecular formula is C14H18O2. The first-order valence-corrected chi connectivity index (χ1v) is 5.64. The van der Waals surface area contributed by atoms with Gasteiger partial charge in [0.2, 0.25) is 0 Å². The molecular weight excluding hydrogens is 200 g/mol. The van der Waals surface area contributed by atoms with E-state index in [1.807, 2.05) is 6.92 Å². The average molecular weight is 218 g/mol. The molecule has 0 aliphatic carbocycles. The SMILES string of the molecule is Cc1c(C)c(C=O)c2c(c1C)CC(C)(C)O2. The van der Waals surface area contributed by atoms with E-state index in [4.69, 9.17) is 4.74 Å². The van der Waals surface area contributed by atoms with Crippen molar-refractivity contribution >= 4 is 6.29 Å². The minimum absolute atomic E-state index is 0.189. The van der Waals surface area contributed by atoms with E-state index in [0.717, 1.165) is 29.6 Å². The molecule has 0 aromatic heterocycles. The number of carbonyl (C=O) groups excluding carboxylic acids is 1. The zero-order chi connectivity index (χ0) is 12.1. The molecule has 0 radical (unpaired) electrons. The van der Waals surface area contributed by atoms with E-state index in [1.165, 1.54) is 16.7 Å². The Bertz CT molecular complexity index is 470. The molecule has 0 saturated carbocycles. The fraction of sp³-hybridized carbons (Fsp3) is 0.500. The van der Waals surface area contributed by atoms with Crippen molar-refractivity contribution < 1.29 is 9.53 Å². The van der Waals surface area contributed by atoms with Gasteiger partial charge in [-0.05, 0) is 51.3 Å². The maximum atomic E-state index is 11.2. The molecule has 2 heteroatoms. The summed E-state index contributed by atoms with van der Waals surface area (Å²) in [5.74, 6) is 0.806. The molecule has 0 spiro atoms. The number of benzene rings is 1. The minimum atomic E-state index is -0.189. The molecule has 1 aliphatic heterocycles. The first kappa shape index (κ1) is 11.2. The van der Waals surface area contributed by atoms with Gasteiger partial charge in [-0.1, -0.05) is 0 Å². The van der Waals surface area contributed by atoms with E-state index >= 15 is 0 Å². The van der Waals surface area contributed by atoms with Crippen molar-refractivity contribution in [2.24, 2.45) is 0 Å². The Hall–Kier alpha value is -1.31. The Morgan fingerprint density at radius 1 is 1.12 bits per heavy atom. The maximum Gasteiger partial charge on any atom is 0.154 e. The van der Waals surface area contributed by atoms with Crippen LogP contribution in [0.15, 0.2) is 0 Å². The summed E-state index contributed by atoms with van der Waals surface area (Å²) in [4.78, 5) is 11.2. The number of hydrogen-bond donors (Lipinski definition) is 0. The fourth-order valence-electron chi connectivity index (χ4n) is 2.42. The molecule has 1 aromatic carbocycles. The zero-order valence-corrected chi connectivity index (χ0v) is 10.6. The first-order valence-electron chi connectivity index (χ1n) is 5.64. The lowest BCUT2D eigenvalue weighted by molar-refractivity contribution is 0.110. The second-order valence-corrected chi connectivity index (χ2v) is 5.25. The summed E-state index contributed by atoms with van der Waals surface area (Å²) < 4.78 is 5.90. The molecule has 1 aromatic rings. The van der Waals surface area contributed by atoms with Gasteiger partial charge in [0.25, 0.3) is 0 Å². The van der Waals surface area contributed by atoms with E-state index in [2.05, 4.69) is 27.7 Å². The van der Waals surface area contributed by atoms with Crippen LogP contribution in [0.1, 0.15) is 46.5 Å².